The summed E-state index contributed by atoms with van der Waals surface area (Å²) in [6, 6.07) is 0. The molecule has 0 fully saturated rings. The molecule has 0 saturated carbocycles. The molecule has 4 nitrogen and oxygen atoms in total. The minimum absolute atomic E-state index is 0.0350. The van der Waals surface area contributed by atoms with Crippen LogP contribution in [0.25, 0.3) is 0 Å². The second-order valence-electron chi connectivity index (χ2n) is 3.03. The van der Waals surface area contributed by atoms with Crippen LogP contribution in [0.2, 0.25) is 0 Å². The first-order valence-corrected chi connectivity index (χ1v) is 4.82. The van der Waals surface area contributed by atoms with Crippen LogP contribution >= 0.6 is 11.3 Å². The lowest BCUT2D eigenvalue weighted by molar-refractivity contribution is -0.138. The fourth-order valence-corrected chi connectivity index (χ4v) is 1.78. The first-order chi connectivity index (χ1) is 6.08. The van der Waals surface area contributed by atoms with Crippen molar-refractivity contribution in [1.82, 2.24) is 10.3 Å². The van der Waals surface area contributed by atoms with Gasteiger partial charge in [0.1, 0.15) is 0 Å². The Bertz CT molecular complexity index is 286. The van der Waals surface area contributed by atoms with Gasteiger partial charge < -0.3 is 10.4 Å². The van der Waals surface area contributed by atoms with E-state index in [9.17, 15) is 4.79 Å². The van der Waals surface area contributed by atoms with Gasteiger partial charge >= 0.3 is 5.97 Å². The van der Waals surface area contributed by atoms with E-state index in [0.29, 0.717) is 0 Å². The Morgan fingerprint density at radius 1 is 1.85 bits per heavy atom. The zero-order valence-corrected chi connectivity index (χ0v) is 8.39. The van der Waals surface area contributed by atoms with E-state index >= 15 is 0 Å². The molecule has 0 amide bonds. The molecule has 0 aromatic carbocycles. The van der Waals surface area contributed by atoms with Crippen molar-refractivity contribution in [1.29, 1.82) is 0 Å². The van der Waals surface area contributed by atoms with Crippen LogP contribution in [0.4, 0.5) is 0 Å². The maximum absolute atomic E-state index is 10.6. The Morgan fingerprint density at radius 2 is 2.54 bits per heavy atom. The van der Waals surface area contributed by atoms with Crippen molar-refractivity contribution in [3.8, 4) is 0 Å². The number of rotatable bonds is 4. The molecular weight excluding hydrogens is 188 g/mol. The average molecular weight is 200 g/mol. The number of nitrogens with one attached hydrogen (secondary N) is 1. The van der Waals surface area contributed by atoms with Gasteiger partial charge in [0.25, 0.3) is 0 Å². The van der Waals surface area contributed by atoms with Gasteiger partial charge in [-0.25, -0.2) is 4.98 Å². The number of nitrogens with zero attached hydrogens (tertiary/aromatic N) is 1. The van der Waals surface area contributed by atoms with Crippen LogP contribution in [0.1, 0.15) is 19.0 Å². The van der Waals surface area contributed by atoms with Gasteiger partial charge in [-0.3, -0.25) is 4.79 Å². The molecule has 0 radical (unpaired) electrons. The lowest BCUT2D eigenvalue weighted by Gasteiger charge is -2.25. The smallest absolute Gasteiger partial charge is 0.305 e. The van der Waals surface area contributed by atoms with Gasteiger partial charge in [-0.05, 0) is 14.0 Å². The molecule has 0 spiro atoms. The molecule has 0 aliphatic heterocycles. The number of thiazole rings is 1. The standard InChI is InChI=1S/C8H12N2O2S/c1-8(9-2,3-7(11)12)6-4-13-5-10-6/h4-5,9H,3H2,1-2H3,(H,11,12). The van der Waals surface area contributed by atoms with Crippen LogP contribution in [0.15, 0.2) is 10.9 Å². The Morgan fingerprint density at radius 3 is 2.92 bits per heavy atom. The van der Waals surface area contributed by atoms with Crippen LogP contribution in [-0.4, -0.2) is 23.1 Å². The van der Waals surface area contributed by atoms with Gasteiger partial charge in [-0.1, -0.05) is 0 Å². The highest BCUT2D eigenvalue weighted by molar-refractivity contribution is 7.07. The van der Waals surface area contributed by atoms with Crippen molar-refractivity contribution in [2.45, 2.75) is 18.9 Å². The number of aliphatic carboxylic acids is 1. The Balaban J connectivity index is 2.87. The van der Waals surface area contributed by atoms with Crippen molar-refractivity contribution < 1.29 is 9.90 Å². The molecule has 1 heterocycles. The summed E-state index contributed by atoms with van der Waals surface area (Å²) in [6.45, 7) is 1.83. The van der Waals surface area contributed by atoms with Crippen molar-refractivity contribution in [2.75, 3.05) is 7.05 Å². The average Bonchev–Trinajstić information content (AvgIpc) is 2.55. The van der Waals surface area contributed by atoms with E-state index in [1.165, 1.54) is 11.3 Å². The van der Waals surface area contributed by atoms with Gasteiger partial charge in [0.2, 0.25) is 0 Å². The quantitative estimate of drug-likeness (QED) is 0.762. The second kappa shape index (κ2) is 3.85. The third kappa shape index (κ3) is 2.26. The molecule has 0 aliphatic carbocycles. The first-order valence-electron chi connectivity index (χ1n) is 3.88. The minimum Gasteiger partial charge on any atom is -0.481 e. The van der Waals surface area contributed by atoms with E-state index < -0.39 is 11.5 Å². The molecule has 0 aliphatic rings. The SMILES string of the molecule is CNC(C)(CC(=O)O)c1cscn1. The highest BCUT2D eigenvalue weighted by atomic mass is 32.1. The van der Waals surface area contributed by atoms with E-state index in [1.807, 2.05) is 12.3 Å². The van der Waals surface area contributed by atoms with E-state index in [-0.39, 0.29) is 6.42 Å². The molecule has 1 rings (SSSR count). The molecule has 1 atom stereocenters. The summed E-state index contributed by atoms with van der Waals surface area (Å²) < 4.78 is 0. The molecule has 5 heteroatoms. The van der Waals surface area contributed by atoms with Gasteiger partial charge in [0.05, 0.1) is 23.2 Å². The van der Waals surface area contributed by atoms with Crippen LogP contribution in [0, 0.1) is 0 Å². The van der Waals surface area contributed by atoms with Crippen molar-refractivity contribution >= 4 is 17.3 Å². The molecule has 1 unspecified atom stereocenters. The largest absolute Gasteiger partial charge is 0.481 e. The Labute approximate surface area is 80.6 Å². The third-order valence-corrected chi connectivity index (χ3v) is 2.64. The van der Waals surface area contributed by atoms with E-state index in [1.54, 1.807) is 12.6 Å². The fourth-order valence-electron chi connectivity index (χ4n) is 1.09. The maximum Gasteiger partial charge on any atom is 0.305 e. The van der Waals surface area contributed by atoms with Gasteiger partial charge in [-0.2, -0.15) is 0 Å². The number of carboxylic acid groups (broad SMARTS) is 1. The molecule has 1 aromatic rings. The summed E-state index contributed by atoms with van der Waals surface area (Å²) in [7, 11) is 1.74. The summed E-state index contributed by atoms with van der Waals surface area (Å²) in [4.78, 5) is 14.7. The van der Waals surface area contributed by atoms with Crippen LogP contribution in [0.5, 0.6) is 0 Å². The van der Waals surface area contributed by atoms with Crippen molar-refractivity contribution in [3.63, 3.8) is 0 Å². The van der Waals surface area contributed by atoms with E-state index in [0.717, 1.165) is 5.69 Å². The highest BCUT2D eigenvalue weighted by Gasteiger charge is 2.29. The fraction of sp³-hybridized carbons (Fsp3) is 0.500. The molecule has 2 N–H and O–H groups in total. The maximum atomic E-state index is 10.6. The predicted octanol–water partition coefficient (Wildman–Crippen LogP) is 1.05. The zero-order valence-electron chi connectivity index (χ0n) is 7.57. The summed E-state index contributed by atoms with van der Waals surface area (Å²) >= 11 is 1.46. The van der Waals surface area contributed by atoms with Crippen LogP contribution in [-0.2, 0) is 10.3 Å². The number of carbonyl (C=O) groups is 1. The topological polar surface area (TPSA) is 62.2 Å². The Hall–Kier alpha value is -0.940. The van der Waals surface area contributed by atoms with Gasteiger partial charge in [0, 0.05) is 5.38 Å². The third-order valence-electron chi connectivity index (χ3n) is 2.05. The van der Waals surface area contributed by atoms with Crippen LogP contribution < -0.4 is 5.32 Å². The van der Waals surface area contributed by atoms with Crippen molar-refractivity contribution in [2.24, 2.45) is 0 Å². The number of aromatic nitrogens is 1. The molecule has 0 bridgehead atoms. The predicted molar refractivity (Wildman–Crippen MR) is 50.8 cm³/mol. The van der Waals surface area contributed by atoms with Gasteiger partial charge in [-0.15, -0.1) is 11.3 Å². The molecule has 0 saturated heterocycles. The number of carboxylic acids is 1. The van der Waals surface area contributed by atoms with E-state index in [4.69, 9.17) is 5.11 Å². The minimum atomic E-state index is -0.829. The molecular formula is C8H12N2O2S. The molecule has 13 heavy (non-hydrogen) atoms. The van der Waals surface area contributed by atoms with E-state index in [2.05, 4.69) is 10.3 Å². The monoisotopic (exact) mass is 200 g/mol. The number of hydrogen-bond acceptors (Lipinski definition) is 4. The lowest BCUT2D eigenvalue weighted by Crippen LogP contribution is -2.39. The first kappa shape index (κ1) is 10.1. The summed E-state index contributed by atoms with van der Waals surface area (Å²) in [5.74, 6) is -0.829. The summed E-state index contributed by atoms with van der Waals surface area (Å²) in [6.07, 6.45) is 0.0350. The highest BCUT2D eigenvalue weighted by Crippen LogP contribution is 2.23. The van der Waals surface area contributed by atoms with Gasteiger partial charge in [0.15, 0.2) is 0 Å². The van der Waals surface area contributed by atoms with Crippen LogP contribution in [0.3, 0.4) is 0 Å². The molecule has 1 aromatic heterocycles. The Kier molecular flexibility index (Phi) is 3.00. The second-order valence-corrected chi connectivity index (χ2v) is 3.74. The summed E-state index contributed by atoms with van der Waals surface area (Å²) in [5.41, 5.74) is 1.92. The normalized spacial score (nSPS) is 15.2. The lowest BCUT2D eigenvalue weighted by atomic mass is 9.95. The zero-order chi connectivity index (χ0) is 9.90. The van der Waals surface area contributed by atoms with Crippen molar-refractivity contribution in [3.05, 3.63) is 16.6 Å². The molecule has 72 valence electrons. The summed E-state index contributed by atoms with van der Waals surface area (Å²) in [5, 5.41) is 13.6. The number of hydrogen-bond donors (Lipinski definition) is 2.